The van der Waals surface area contributed by atoms with Crippen LogP contribution in [-0.4, -0.2) is 40.1 Å². The first-order valence-electron chi connectivity index (χ1n) is 5.87. The minimum Gasteiger partial charge on any atom is -0.395 e. The molecule has 6 heteroatoms. The molecule has 98 valence electrons. The molecule has 0 bridgehead atoms. The van der Waals surface area contributed by atoms with E-state index in [1.165, 1.54) is 0 Å². The van der Waals surface area contributed by atoms with Gasteiger partial charge in [-0.1, -0.05) is 23.2 Å². The van der Waals surface area contributed by atoms with Gasteiger partial charge in [0.1, 0.15) is 10.3 Å². The zero-order valence-electron chi connectivity index (χ0n) is 9.77. The summed E-state index contributed by atoms with van der Waals surface area (Å²) in [5.74, 6) is -0.192. The number of hydrogen-bond acceptors (Lipinski definition) is 3. The van der Waals surface area contributed by atoms with Gasteiger partial charge < -0.3 is 10.0 Å². The van der Waals surface area contributed by atoms with E-state index in [0.29, 0.717) is 12.1 Å². The highest BCUT2D eigenvalue weighted by Crippen LogP contribution is 2.27. The van der Waals surface area contributed by atoms with E-state index in [0.717, 1.165) is 19.3 Å². The van der Waals surface area contributed by atoms with Gasteiger partial charge >= 0.3 is 0 Å². The standard InChI is InChI=1S/C12H14Cl2N2O2/c13-10-5-4-9(11(14)15-10)12(18)16(6-7-17)8-2-1-3-8/h4-5,8,17H,1-3,6-7H2. The van der Waals surface area contributed by atoms with Gasteiger partial charge in [-0.15, -0.1) is 0 Å². The van der Waals surface area contributed by atoms with Crippen LogP contribution in [0.2, 0.25) is 10.3 Å². The van der Waals surface area contributed by atoms with Crippen molar-refractivity contribution in [3.63, 3.8) is 0 Å². The van der Waals surface area contributed by atoms with Crippen LogP contribution >= 0.6 is 23.2 Å². The number of hydrogen-bond donors (Lipinski definition) is 1. The molecule has 1 heterocycles. The molecule has 0 spiro atoms. The Morgan fingerprint density at radius 2 is 2.17 bits per heavy atom. The van der Waals surface area contributed by atoms with E-state index >= 15 is 0 Å². The van der Waals surface area contributed by atoms with Gasteiger partial charge in [0.15, 0.2) is 0 Å². The van der Waals surface area contributed by atoms with Crippen LogP contribution in [0.3, 0.4) is 0 Å². The van der Waals surface area contributed by atoms with Crippen molar-refractivity contribution in [2.24, 2.45) is 0 Å². The van der Waals surface area contributed by atoms with Gasteiger partial charge in [-0.2, -0.15) is 0 Å². The summed E-state index contributed by atoms with van der Waals surface area (Å²) in [5, 5.41) is 9.42. The number of pyridine rings is 1. The second kappa shape index (κ2) is 5.87. The van der Waals surface area contributed by atoms with Crippen molar-refractivity contribution < 1.29 is 9.90 Å². The molecular formula is C12H14Cl2N2O2. The molecule has 0 unspecified atom stereocenters. The minimum absolute atomic E-state index is 0.0547. The Hall–Kier alpha value is -0.840. The molecule has 1 aromatic heterocycles. The van der Waals surface area contributed by atoms with Crippen molar-refractivity contribution in [3.05, 3.63) is 28.0 Å². The van der Waals surface area contributed by atoms with Crippen LogP contribution in [0.4, 0.5) is 0 Å². The zero-order chi connectivity index (χ0) is 13.1. The molecule has 0 atom stereocenters. The molecular weight excluding hydrogens is 275 g/mol. The van der Waals surface area contributed by atoms with Gasteiger partial charge in [0.2, 0.25) is 0 Å². The van der Waals surface area contributed by atoms with Gasteiger partial charge in [-0.05, 0) is 31.4 Å². The van der Waals surface area contributed by atoms with E-state index < -0.39 is 0 Å². The van der Waals surface area contributed by atoms with Gasteiger partial charge in [0.05, 0.1) is 12.2 Å². The van der Waals surface area contributed by atoms with Gasteiger partial charge in [0.25, 0.3) is 5.91 Å². The Kier molecular flexibility index (Phi) is 4.43. The van der Waals surface area contributed by atoms with Crippen LogP contribution in [0.1, 0.15) is 29.6 Å². The van der Waals surface area contributed by atoms with Gasteiger partial charge in [-0.3, -0.25) is 4.79 Å². The molecule has 1 amide bonds. The first-order valence-corrected chi connectivity index (χ1v) is 6.63. The van der Waals surface area contributed by atoms with E-state index in [-0.39, 0.29) is 28.9 Å². The van der Waals surface area contributed by atoms with E-state index in [2.05, 4.69) is 4.98 Å². The Morgan fingerprint density at radius 3 is 2.67 bits per heavy atom. The van der Waals surface area contributed by atoms with Crippen molar-refractivity contribution in [2.75, 3.05) is 13.2 Å². The second-order valence-corrected chi connectivity index (χ2v) is 5.02. The Morgan fingerprint density at radius 1 is 1.44 bits per heavy atom. The smallest absolute Gasteiger partial charge is 0.257 e. The molecule has 0 radical (unpaired) electrons. The lowest BCUT2D eigenvalue weighted by Crippen LogP contribution is -2.45. The van der Waals surface area contributed by atoms with Crippen molar-refractivity contribution in [3.8, 4) is 0 Å². The summed E-state index contributed by atoms with van der Waals surface area (Å²) in [5.41, 5.74) is 0.335. The van der Waals surface area contributed by atoms with Crippen LogP contribution in [-0.2, 0) is 0 Å². The third-order valence-corrected chi connectivity index (χ3v) is 3.66. The van der Waals surface area contributed by atoms with E-state index in [1.807, 2.05) is 0 Å². The molecule has 0 aromatic carbocycles. The molecule has 18 heavy (non-hydrogen) atoms. The number of carbonyl (C=O) groups excluding carboxylic acids is 1. The fourth-order valence-corrected chi connectivity index (χ4v) is 2.41. The summed E-state index contributed by atoms with van der Waals surface area (Å²) >= 11 is 11.6. The number of amides is 1. The minimum atomic E-state index is -0.192. The molecule has 1 saturated carbocycles. The quantitative estimate of drug-likeness (QED) is 0.866. The maximum atomic E-state index is 12.3. The molecule has 1 aliphatic carbocycles. The Bertz CT molecular complexity index is 450. The highest BCUT2D eigenvalue weighted by atomic mass is 35.5. The van der Waals surface area contributed by atoms with Gasteiger partial charge in [0, 0.05) is 12.6 Å². The predicted octanol–water partition coefficient (Wildman–Crippen LogP) is 2.38. The topological polar surface area (TPSA) is 53.4 Å². The zero-order valence-corrected chi connectivity index (χ0v) is 11.3. The third kappa shape index (κ3) is 2.76. The lowest BCUT2D eigenvalue weighted by Gasteiger charge is -2.37. The number of nitrogens with zero attached hydrogens (tertiary/aromatic N) is 2. The SMILES string of the molecule is O=C(c1ccc(Cl)nc1Cl)N(CCO)C1CCC1. The van der Waals surface area contributed by atoms with Gasteiger partial charge in [-0.25, -0.2) is 4.98 Å². The number of aliphatic hydroxyl groups is 1. The Balaban J connectivity index is 2.21. The number of aliphatic hydroxyl groups excluding tert-OH is 1. The Labute approximate surface area is 116 Å². The molecule has 1 fully saturated rings. The average molecular weight is 289 g/mol. The number of halogens is 2. The molecule has 1 aliphatic rings. The highest BCUT2D eigenvalue weighted by Gasteiger charge is 2.30. The summed E-state index contributed by atoms with van der Waals surface area (Å²) in [4.78, 5) is 17.9. The summed E-state index contributed by atoms with van der Waals surface area (Å²) in [6.45, 7) is 0.267. The van der Waals surface area contributed by atoms with Crippen LogP contribution in [0, 0.1) is 0 Å². The van der Waals surface area contributed by atoms with Crippen LogP contribution in [0.5, 0.6) is 0 Å². The predicted molar refractivity (Wildman–Crippen MR) is 70.0 cm³/mol. The fraction of sp³-hybridized carbons (Fsp3) is 0.500. The highest BCUT2D eigenvalue weighted by molar-refractivity contribution is 6.34. The molecule has 0 aliphatic heterocycles. The molecule has 2 rings (SSSR count). The van der Waals surface area contributed by atoms with Crippen LogP contribution in [0.25, 0.3) is 0 Å². The summed E-state index contributed by atoms with van der Waals surface area (Å²) in [7, 11) is 0. The van der Waals surface area contributed by atoms with E-state index in [4.69, 9.17) is 28.3 Å². The summed E-state index contributed by atoms with van der Waals surface area (Å²) in [6.07, 6.45) is 3.07. The third-order valence-electron chi connectivity index (χ3n) is 3.16. The fourth-order valence-electron chi connectivity index (χ4n) is 1.98. The first-order chi connectivity index (χ1) is 8.63. The number of carbonyl (C=O) groups is 1. The molecule has 0 saturated heterocycles. The van der Waals surface area contributed by atoms with Crippen molar-refractivity contribution in [2.45, 2.75) is 25.3 Å². The lowest BCUT2D eigenvalue weighted by molar-refractivity contribution is 0.0525. The second-order valence-electron chi connectivity index (χ2n) is 4.28. The van der Waals surface area contributed by atoms with Crippen molar-refractivity contribution >= 4 is 29.1 Å². The molecule has 1 aromatic rings. The van der Waals surface area contributed by atoms with Crippen LogP contribution < -0.4 is 0 Å². The monoisotopic (exact) mass is 288 g/mol. The first kappa shape index (κ1) is 13.6. The average Bonchev–Trinajstić information content (AvgIpc) is 2.25. The summed E-state index contributed by atoms with van der Waals surface area (Å²) in [6, 6.07) is 3.32. The molecule has 4 nitrogen and oxygen atoms in total. The number of aromatic nitrogens is 1. The molecule has 1 N–H and O–H groups in total. The van der Waals surface area contributed by atoms with E-state index in [1.54, 1.807) is 17.0 Å². The van der Waals surface area contributed by atoms with E-state index in [9.17, 15) is 4.79 Å². The maximum Gasteiger partial charge on any atom is 0.257 e. The largest absolute Gasteiger partial charge is 0.395 e. The summed E-state index contributed by atoms with van der Waals surface area (Å²) < 4.78 is 0. The normalized spacial score (nSPS) is 15.3. The maximum absolute atomic E-state index is 12.3. The van der Waals surface area contributed by atoms with Crippen molar-refractivity contribution in [1.82, 2.24) is 9.88 Å². The lowest BCUT2D eigenvalue weighted by atomic mass is 9.91. The van der Waals surface area contributed by atoms with Crippen molar-refractivity contribution in [1.29, 1.82) is 0 Å². The number of rotatable bonds is 4. The van der Waals surface area contributed by atoms with Crippen LogP contribution in [0.15, 0.2) is 12.1 Å².